The molecule has 2 aliphatic rings. The number of hydrogen-bond donors (Lipinski definition) is 0. The van der Waals surface area contributed by atoms with E-state index in [0.29, 0.717) is 49.9 Å². The summed E-state index contributed by atoms with van der Waals surface area (Å²) in [6.07, 6.45) is 3.92. The first-order valence-corrected chi connectivity index (χ1v) is 18.4. The van der Waals surface area contributed by atoms with E-state index in [2.05, 4.69) is 27.8 Å². The molecule has 2 fully saturated rings. The highest BCUT2D eigenvalue weighted by Crippen LogP contribution is 2.31. The number of amides is 1. The summed E-state index contributed by atoms with van der Waals surface area (Å²) < 4.78 is 19.6. The Morgan fingerprint density at radius 2 is 1.80 bits per heavy atom. The second-order valence-corrected chi connectivity index (χ2v) is 15.1. The maximum atomic E-state index is 13.3. The van der Waals surface area contributed by atoms with Crippen molar-refractivity contribution in [3.05, 3.63) is 101 Å². The third-order valence-electron chi connectivity index (χ3n) is 10.1. The van der Waals surface area contributed by atoms with Gasteiger partial charge in [0.1, 0.15) is 25.0 Å². The van der Waals surface area contributed by atoms with Crippen LogP contribution in [0.15, 0.2) is 72.9 Å². The molecular formula is C41H46N8O5. The van der Waals surface area contributed by atoms with Crippen molar-refractivity contribution in [2.24, 2.45) is 5.41 Å². The topological polar surface area (TPSA) is 119 Å². The van der Waals surface area contributed by atoms with E-state index in [1.54, 1.807) is 15.6 Å². The van der Waals surface area contributed by atoms with E-state index in [1.807, 2.05) is 81.4 Å². The average molecular weight is 731 g/mol. The van der Waals surface area contributed by atoms with Crippen molar-refractivity contribution in [1.82, 2.24) is 29.4 Å². The van der Waals surface area contributed by atoms with E-state index in [0.717, 1.165) is 47.0 Å². The molecule has 0 aliphatic carbocycles. The molecule has 0 saturated carbocycles. The van der Waals surface area contributed by atoms with Gasteiger partial charge in [-0.25, -0.2) is 20.9 Å². The first-order chi connectivity index (χ1) is 26.1. The van der Waals surface area contributed by atoms with Crippen molar-refractivity contribution < 1.29 is 23.8 Å². The van der Waals surface area contributed by atoms with Crippen molar-refractivity contribution in [3.63, 3.8) is 0 Å². The van der Waals surface area contributed by atoms with Crippen molar-refractivity contribution in [2.75, 3.05) is 51.3 Å². The predicted octanol–water partition coefficient (Wildman–Crippen LogP) is 6.04. The fourth-order valence-corrected chi connectivity index (χ4v) is 7.02. The molecule has 3 aromatic carbocycles. The van der Waals surface area contributed by atoms with Crippen LogP contribution in [0.3, 0.4) is 0 Å². The lowest BCUT2D eigenvalue weighted by molar-refractivity contribution is -0.142. The van der Waals surface area contributed by atoms with E-state index >= 15 is 0 Å². The van der Waals surface area contributed by atoms with Crippen LogP contribution in [-0.2, 0) is 22.6 Å². The highest BCUT2D eigenvalue weighted by molar-refractivity contribution is 5.88. The number of piperazine rings is 1. The summed E-state index contributed by atoms with van der Waals surface area (Å²) in [7, 11) is 2.10. The summed E-state index contributed by atoms with van der Waals surface area (Å²) in [5.41, 5.74) is 2.51. The van der Waals surface area contributed by atoms with Crippen molar-refractivity contribution in [2.45, 2.75) is 58.7 Å². The first kappa shape index (κ1) is 36.6. The lowest BCUT2D eigenvalue weighted by Crippen LogP contribution is -2.56. The van der Waals surface area contributed by atoms with Gasteiger partial charge in [-0.15, -0.1) is 5.10 Å². The van der Waals surface area contributed by atoms with E-state index in [9.17, 15) is 9.59 Å². The number of benzene rings is 3. The zero-order valence-electron chi connectivity index (χ0n) is 31.3. The maximum absolute atomic E-state index is 13.3. The molecular weight excluding hydrogens is 685 g/mol. The van der Waals surface area contributed by atoms with E-state index in [1.165, 1.54) is 0 Å². The molecule has 13 heteroatoms. The molecule has 7 rings (SSSR count). The number of likely N-dealkylation sites (tertiary alicyclic amines) is 1. The number of aromatic nitrogens is 4. The minimum absolute atomic E-state index is 0.110. The molecule has 0 unspecified atom stereocenters. The highest BCUT2D eigenvalue weighted by atomic mass is 16.6. The van der Waals surface area contributed by atoms with Gasteiger partial charge in [0.2, 0.25) is 6.54 Å². The standard InChI is InChI=1S/C41H46N8O5/c1-41(2,3)38(50)54-34-21-29-14-9-10-16-35(29)30(22-34)20-32-24-43-36-37(44-39(45-49(32)36)52-27-31-15-11-17-46(31)5)47-18-19-48(33(25-47)23-42-4)40(51)53-26-28-12-7-6-8-13-28/h6-10,12-14,16,21-22,24,31,33H,11,15,17-20,23,25-27H2,1-3,5H3/t31-,33-/m0/s1. The van der Waals surface area contributed by atoms with Crippen LogP contribution < -0.4 is 14.4 Å². The number of likely N-dealkylation sites (N-methyl/N-ethyl adjacent to an activating group) is 1. The summed E-state index contributed by atoms with van der Waals surface area (Å²) in [5.74, 6) is 0.728. The van der Waals surface area contributed by atoms with Crippen LogP contribution in [0.2, 0.25) is 0 Å². The number of rotatable bonds is 10. The number of anilines is 1. The lowest BCUT2D eigenvalue weighted by Gasteiger charge is -2.39. The van der Waals surface area contributed by atoms with E-state index in [4.69, 9.17) is 35.8 Å². The minimum Gasteiger partial charge on any atom is -0.461 e. The molecule has 0 bridgehead atoms. The highest BCUT2D eigenvalue weighted by Gasteiger charge is 2.36. The van der Waals surface area contributed by atoms with Gasteiger partial charge < -0.3 is 28.9 Å². The van der Waals surface area contributed by atoms with Crippen LogP contribution in [0.25, 0.3) is 21.3 Å². The van der Waals surface area contributed by atoms with Crippen molar-refractivity contribution in [3.8, 4) is 11.8 Å². The maximum Gasteiger partial charge on any atom is 0.410 e. The summed E-state index contributed by atoms with van der Waals surface area (Å²) in [4.78, 5) is 45.6. The number of ether oxygens (including phenoxy) is 3. The van der Waals surface area contributed by atoms with Crippen molar-refractivity contribution >= 4 is 34.3 Å². The van der Waals surface area contributed by atoms with Gasteiger partial charge in [-0.3, -0.25) is 9.69 Å². The third kappa shape index (κ3) is 8.09. The zero-order chi connectivity index (χ0) is 37.8. The zero-order valence-corrected chi connectivity index (χ0v) is 31.3. The molecule has 0 N–H and O–H groups in total. The average Bonchev–Trinajstić information content (AvgIpc) is 3.77. The summed E-state index contributed by atoms with van der Waals surface area (Å²) in [6.45, 7) is 16.0. The third-order valence-corrected chi connectivity index (χ3v) is 10.1. The number of esters is 1. The van der Waals surface area contributed by atoms with Gasteiger partial charge in [-0.05, 0) is 81.2 Å². The van der Waals surface area contributed by atoms with Gasteiger partial charge in [0.05, 0.1) is 17.3 Å². The van der Waals surface area contributed by atoms with Gasteiger partial charge in [0.15, 0.2) is 11.5 Å². The lowest BCUT2D eigenvalue weighted by atomic mass is 9.97. The SMILES string of the molecule is [C-]#[N+]C[C@H]1CN(c2nc(OC[C@@H]3CCCN3C)nn3c(Cc4cc(OC(=O)C(C)(C)C)cc5ccccc45)cnc23)CCN1C(=O)OCc1ccccc1. The number of imidazole rings is 1. The van der Waals surface area contributed by atoms with Crippen LogP contribution in [0.1, 0.15) is 50.4 Å². The summed E-state index contributed by atoms with van der Waals surface area (Å²) in [6, 6.07) is 21.4. The van der Waals surface area contributed by atoms with Gasteiger partial charge in [0, 0.05) is 32.1 Å². The molecule has 2 aliphatic heterocycles. The molecule has 1 amide bonds. The van der Waals surface area contributed by atoms with Gasteiger partial charge in [-0.1, -0.05) is 54.6 Å². The fraction of sp³-hybridized carbons (Fsp3) is 0.415. The predicted molar refractivity (Wildman–Crippen MR) is 205 cm³/mol. The molecule has 2 saturated heterocycles. The van der Waals surface area contributed by atoms with Crippen LogP contribution in [-0.4, -0.2) is 99.9 Å². The molecule has 54 heavy (non-hydrogen) atoms. The van der Waals surface area contributed by atoms with Gasteiger partial charge >= 0.3 is 18.1 Å². The number of nitrogens with zero attached hydrogens (tertiary/aromatic N) is 8. The van der Waals surface area contributed by atoms with Crippen LogP contribution >= 0.6 is 0 Å². The van der Waals surface area contributed by atoms with Gasteiger partial charge in [-0.2, -0.15) is 4.98 Å². The number of carbonyl (C=O) groups is 2. The normalized spacial score (nSPS) is 17.8. The second kappa shape index (κ2) is 15.7. The van der Waals surface area contributed by atoms with Crippen LogP contribution in [0, 0.1) is 12.0 Å². The number of hydrogen-bond acceptors (Lipinski definition) is 10. The molecule has 2 aromatic heterocycles. The Labute approximate surface area is 315 Å². The summed E-state index contributed by atoms with van der Waals surface area (Å²) in [5, 5.41) is 6.84. The molecule has 5 aromatic rings. The summed E-state index contributed by atoms with van der Waals surface area (Å²) >= 11 is 0. The smallest absolute Gasteiger partial charge is 0.410 e. The van der Waals surface area contributed by atoms with Crippen LogP contribution in [0.5, 0.6) is 11.8 Å². The Morgan fingerprint density at radius 1 is 1.00 bits per heavy atom. The van der Waals surface area contributed by atoms with Crippen LogP contribution in [0.4, 0.5) is 10.6 Å². The van der Waals surface area contributed by atoms with E-state index < -0.39 is 17.6 Å². The Balaban J connectivity index is 1.20. The molecule has 2 atom stereocenters. The molecule has 0 radical (unpaired) electrons. The quantitative estimate of drug-likeness (QED) is 0.0957. The Hall–Kier alpha value is -5.74. The largest absolute Gasteiger partial charge is 0.461 e. The minimum atomic E-state index is -0.661. The van der Waals surface area contributed by atoms with Gasteiger partial charge in [0.25, 0.3) is 0 Å². The van der Waals surface area contributed by atoms with E-state index in [-0.39, 0.29) is 31.2 Å². The Morgan fingerprint density at radius 3 is 2.56 bits per heavy atom. The monoisotopic (exact) mass is 730 g/mol. The number of carbonyl (C=O) groups excluding carboxylic acids is 2. The van der Waals surface area contributed by atoms with Crippen molar-refractivity contribution in [1.29, 1.82) is 0 Å². The molecule has 13 nitrogen and oxygen atoms in total. The molecule has 0 spiro atoms. The molecule has 280 valence electrons. The Kier molecular flexibility index (Phi) is 10.6. The first-order valence-electron chi connectivity index (χ1n) is 18.4. The fourth-order valence-electron chi connectivity index (χ4n) is 7.02. The molecule has 4 heterocycles. The second-order valence-electron chi connectivity index (χ2n) is 15.1. The Bertz CT molecular complexity index is 2180. The number of fused-ring (bicyclic) bond motifs is 2.